The first-order valence-electron chi connectivity index (χ1n) is 11.6. The van der Waals surface area contributed by atoms with Crippen molar-refractivity contribution in [2.45, 2.75) is 110 Å². The van der Waals surface area contributed by atoms with Gasteiger partial charge in [0, 0.05) is 18.8 Å². The van der Waals surface area contributed by atoms with Crippen molar-refractivity contribution in [2.24, 2.45) is 17.3 Å². The fourth-order valence-electron chi connectivity index (χ4n) is 4.78. The van der Waals surface area contributed by atoms with Gasteiger partial charge >= 0.3 is 5.97 Å². The van der Waals surface area contributed by atoms with E-state index < -0.39 is 12.2 Å². The van der Waals surface area contributed by atoms with Gasteiger partial charge in [0.15, 0.2) is 0 Å². The number of aliphatic hydroxyl groups is 2. The van der Waals surface area contributed by atoms with Gasteiger partial charge in [0.2, 0.25) is 0 Å². The fourth-order valence-corrected chi connectivity index (χ4v) is 4.78. The van der Waals surface area contributed by atoms with Crippen molar-refractivity contribution in [1.82, 2.24) is 0 Å². The van der Waals surface area contributed by atoms with Gasteiger partial charge in [-0.3, -0.25) is 4.79 Å². The summed E-state index contributed by atoms with van der Waals surface area (Å²) in [5, 5.41) is 21.1. The summed E-state index contributed by atoms with van der Waals surface area (Å²) < 4.78 is 11.2. The van der Waals surface area contributed by atoms with Crippen LogP contribution >= 0.6 is 0 Å². The van der Waals surface area contributed by atoms with Crippen LogP contribution < -0.4 is 0 Å². The molecule has 0 aromatic carbocycles. The van der Waals surface area contributed by atoms with Crippen LogP contribution in [0.2, 0.25) is 0 Å². The van der Waals surface area contributed by atoms with Gasteiger partial charge in [0.05, 0.1) is 31.0 Å². The largest absolute Gasteiger partial charge is 0.466 e. The Morgan fingerprint density at radius 2 is 2.00 bits per heavy atom. The second-order valence-electron chi connectivity index (χ2n) is 9.55. The van der Waals surface area contributed by atoms with Crippen LogP contribution in [-0.4, -0.2) is 47.2 Å². The minimum absolute atomic E-state index is 0.0566. The minimum Gasteiger partial charge on any atom is -0.466 e. The average molecular weight is 411 g/mol. The summed E-state index contributed by atoms with van der Waals surface area (Å²) in [6.07, 6.45) is 11.4. The van der Waals surface area contributed by atoms with Crippen molar-refractivity contribution < 1.29 is 24.5 Å². The molecule has 2 rings (SSSR count). The molecule has 2 aliphatic rings. The molecule has 29 heavy (non-hydrogen) atoms. The molecule has 2 fully saturated rings. The molecule has 168 valence electrons. The molecular formula is C24H42O5. The lowest BCUT2D eigenvalue weighted by atomic mass is 9.80. The number of carbonyl (C=O) groups excluding carboxylic acids is 1. The van der Waals surface area contributed by atoms with E-state index in [2.05, 4.69) is 20.8 Å². The van der Waals surface area contributed by atoms with Crippen molar-refractivity contribution in [1.29, 1.82) is 0 Å². The highest BCUT2D eigenvalue weighted by atomic mass is 16.5. The Bertz CT molecular complexity index is 529. The molecule has 0 aromatic heterocycles. The Kier molecular flexibility index (Phi) is 9.64. The molecule has 1 saturated carbocycles. The van der Waals surface area contributed by atoms with Crippen LogP contribution in [0.25, 0.3) is 0 Å². The van der Waals surface area contributed by atoms with Crippen molar-refractivity contribution in [3.8, 4) is 0 Å². The van der Waals surface area contributed by atoms with Gasteiger partial charge in [-0.15, -0.1) is 0 Å². The summed E-state index contributed by atoms with van der Waals surface area (Å²) in [6, 6.07) is 0. The van der Waals surface area contributed by atoms with E-state index in [9.17, 15) is 15.0 Å². The molecule has 2 N–H and O–H groups in total. The SMILES string of the molecule is CCCCC(C)(C)[C@H](O)/C=C/[C@@H]1[C@H]2CC(CCCCC(=O)OCC)O[C@H]2C[C@H]1O. The Balaban J connectivity index is 1.81. The van der Waals surface area contributed by atoms with Gasteiger partial charge in [-0.1, -0.05) is 52.2 Å². The fraction of sp³-hybridized carbons (Fsp3) is 0.875. The molecule has 0 spiro atoms. The summed E-state index contributed by atoms with van der Waals surface area (Å²) in [6.45, 7) is 8.65. The topological polar surface area (TPSA) is 76.0 Å². The zero-order chi connectivity index (χ0) is 21.4. The van der Waals surface area contributed by atoms with Crippen LogP contribution in [-0.2, 0) is 14.3 Å². The number of hydrogen-bond donors (Lipinski definition) is 2. The number of fused-ring (bicyclic) bond motifs is 1. The van der Waals surface area contributed by atoms with Gasteiger partial charge < -0.3 is 19.7 Å². The van der Waals surface area contributed by atoms with Gasteiger partial charge in [-0.2, -0.15) is 0 Å². The van der Waals surface area contributed by atoms with E-state index in [4.69, 9.17) is 9.47 Å². The summed E-state index contributed by atoms with van der Waals surface area (Å²) in [5.74, 6) is 0.258. The van der Waals surface area contributed by atoms with E-state index >= 15 is 0 Å². The minimum atomic E-state index is -0.499. The van der Waals surface area contributed by atoms with E-state index in [1.807, 2.05) is 19.1 Å². The molecule has 1 aliphatic heterocycles. The predicted octanol–water partition coefficient (Wildman–Crippen LogP) is 4.40. The molecular weight excluding hydrogens is 368 g/mol. The van der Waals surface area contributed by atoms with E-state index in [1.54, 1.807) is 0 Å². The third kappa shape index (κ3) is 7.08. The standard InChI is InChI=1S/C24H42O5/c1-5-7-14-24(3,4)22(26)13-12-18-19-15-17(29-21(19)16-20(18)25)10-8-9-11-23(27)28-6-2/h12-13,17-22,25-26H,5-11,14-16H2,1-4H3/b13-12+/t17?,18-,19-,20-,21+,22-/m1/s1. The number of rotatable bonds is 12. The van der Waals surface area contributed by atoms with Crippen LogP contribution in [0.3, 0.4) is 0 Å². The number of aliphatic hydroxyl groups excluding tert-OH is 2. The van der Waals surface area contributed by atoms with Gasteiger partial charge in [-0.05, 0) is 43.9 Å². The summed E-state index contributed by atoms with van der Waals surface area (Å²) in [5.41, 5.74) is -0.150. The molecule has 5 heteroatoms. The molecule has 1 heterocycles. The molecule has 0 amide bonds. The van der Waals surface area contributed by atoms with Gasteiger partial charge in [0.25, 0.3) is 0 Å². The molecule has 5 nitrogen and oxygen atoms in total. The Labute approximate surface area is 176 Å². The maximum atomic E-state index is 11.4. The summed E-state index contributed by atoms with van der Waals surface area (Å²) in [7, 11) is 0. The van der Waals surface area contributed by atoms with E-state index in [1.165, 1.54) is 0 Å². The van der Waals surface area contributed by atoms with E-state index in [0.717, 1.165) is 44.9 Å². The van der Waals surface area contributed by atoms with Crippen LogP contribution in [0.15, 0.2) is 12.2 Å². The second-order valence-corrected chi connectivity index (χ2v) is 9.55. The van der Waals surface area contributed by atoms with E-state index in [0.29, 0.717) is 25.4 Å². The lowest BCUT2D eigenvalue weighted by Gasteiger charge is -2.29. The highest BCUT2D eigenvalue weighted by Crippen LogP contribution is 2.45. The highest BCUT2D eigenvalue weighted by Gasteiger charge is 2.47. The second kappa shape index (κ2) is 11.5. The predicted molar refractivity (Wildman–Crippen MR) is 114 cm³/mol. The summed E-state index contributed by atoms with van der Waals surface area (Å²) >= 11 is 0. The molecule has 0 bridgehead atoms. The zero-order valence-electron chi connectivity index (χ0n) is 18.8. The quantitative estimate of drug-likeness (QED) is 0.283. The molecule has 0 radical (unpaired) electrons. The zero-order valence-corrected chi connectivity index (χ0v) is 18.8. The summed E-state index contributed by atoms with van der Waals surface area (Å²) in [4.78, 5) is 11.4. The van der Waals surface area contributed by atoms with Gasteiger partial charge in [0.1, 0.15) is 0 Å². The molecule has 1 unspecified atom stereocenters. The Morgan fingerprint density at radius 1 is 1.24 bits per heavy atom. The number of carbonyl (C=O) groups is 1. The monoisotopic (exact) mass is 410 g/mol. The number of ether oxygens (including phenoxy) is 2. The van der Waals surface area contributed by atoms with E-state index in [-0.39, 0.29) is 29.5 Å². The number of unbranched alkanes of at least 4 members (excludes halogenated alkanes) is 2. The molecule has 6 atom stereocenters. The van der Waals surface area contributed by atoms with Crippen LogP contribution in [0.5, 0.6) is 0 Å². The maximum Gasteiger partial charge on any atom is 0.305 e. The van der Waals surface area contributed by atoms with Crippen LogP contribution in [0.4, 0.5) is 0 Å². The highest BCUT2D eigenvalue weighted by molar-refractivity contribution is 5.69. The molecule has 1 aliphatic carbocycles. The first kappa shape index (κ1) is 24.4. The molecule has 0 aromatic rings. The Morgan fingerprint density at radius 3 is 2.69 bits per heavy atom. The van der Waals surface area contributed by atoms with Crippen molar-refractivity contribution in [3.63, 3.8) is 0 Å². The lowest BCUT2D eigenvalue weighted by Crippen LogP contribution is -2.28. The third-order valence-electron chi connectivity index (χ3n) is 6.75. The van der Waals surface area contributed by atoms with Crippen molar-refractivity contribution in [2.75, 3.05) is 6.61 Å². The van der Waals surface area contributed by atoms with Crippen molar-refractivity contribution >= 4 is 5.97 Å². The van der Waals surface area contributed by atoms with Crippen molar-refractivity contribution in [3.05, 3.63) is 12.2 Å². The smallest absolute Gasteiger partial charge is 0.305 e. The average Bonchev–Trinajstić information content (AvgIpc) is 3.18. The lowest BCUT2D eigenvalue weighted by molar-refractivity contribution is -0.143. The Hall–Kier alpha value is -0.910. The normalized spacial score (nSPS) is 30.6. The third-order valence-corrected chi connectivity index (χ3v) is 6.75. The first-order valence-corrected chi connectivity index (χ1v) is 11.6. The number of hydrogen-bond acceptors (Lipinski definition) is 5. The molecule has 1 saturated heterocycles. The number of esters is 1. The van der Waals surface area contributed by atoms with Gasteiger partial charge in [-0.25, -0.2) is 0 Å². The van der Waals surface area contributed by atoms with Crippen LogP contribution in [0.1, 0.15) is 85.5 Å². The van der Waals surface area contributed by atoms with Crippen LogP contribution in [0, 0.1) is 17.3 Å². The maximum absolute atomic E-state index is 11.4. The first-order chi connectivity index (χ1) is 13.8.